The molecule has 1 unspecified atom stereocenters. The van der Waals surface area contributed by atoms with Gasteiger partial charge < -0.3 is 9.84 Å². The minimum absolute atomic E-state index is 0.111. The van der Waals surface area contributed by atoms with E-state index in [-0.39, 0.29) is 12.4 Å². The van der Waals surface area contributed by atoms with Gasteiger partial charge >= 0.3 is 0 Å². The highest BCUT2D eigenvalue weighted by Gasteiger charge is 2.43. The quantitative estimate of drug-likeness (QED) is 0.668. The second-order valence-corrected chi connectivity index (χ2v) is 4.77. The standard InChI is InChI=1S/C10H18O3/c1-9(2,3)8(11)10(12)5-4-6-13-7-10/h12H,4-7H2,1-3H3. The zero-order valence-corrected chi connectivity index (χ0v) is 8.59. The number of hydrogen-bond acceptors (Lipinski definition) is 3. The lowest BCUT2D eigenvalue weighted by Gasteiger charge is -2.35. The van der Waals surface area contributed by atoms with Gasteiger partial charge in [-0.05, 0) is 12.8 Å². The van der Waals surface area contributed by atoms with E-state index in [1.807, 2.05) is 20.8 Å². The van der Waals surface area contributed by atoms with Crippen molar-refractivity contribution in [3.8, 4) is 0 Å². The van der Waals surface area contributed by atoms with Crippen LogP contribution in [-0.4, -0.2) is 29.7 Å². The molecule has 1 aliphatic heterocycles. The molecule has 0 aromatic carbocycles. The zero-order chi connectivity index (χ0) is 10.1. The molecule has 0 aromatic heterocycles. The fraction of sp³-hybridized carbons (Fsp3) is 0.900. The Kier molecular flexibility index (Phi) is 2.78. The van der Waals surface area contributed by atoms with Gasteiger partial charge in [-0.25, -0.2) is 0 Å². The Labute approximate surface area is 79.1 Å². The lowest BCUT2D eigenvalue weighted by molar-refractivity contribution is -0.159. The smallest absolute Gasteiger partial charge is 0.172 e. The average Bonchev–Trinajstić information content (AvgIpc) is 2.03. The molecule has 1 atom stereocenters. The fourth-order valence-corrected chi connectivity index (χ4v) is 1.66. The Morgan fingerprint density at radius 2 is 2.08 bits per heavy atom. The van der Waals surface area contributed by atoms with Crippen LogP contribution in [0.25, 0.3) is 0 Å². The number of Topliss-reactive ketones (excluding diaryl/α,β-unsaturated/α-hetero) is 1. The van der Waals surface area contributed by atoms with Crippen LogP contribution in [0.15, 0.2) is 0 Å². The summed E-state index contributed by atoms with van der Waals surface area (Å²) in [6.45, 7) is 6.27. The van der Waals surface area contributed by atoms with Crippen LogP contribution in [-0.2, 0) is 9.53 Å². The molecule has 1 heterocycles. The third-order valence-electron chi connectivity index (χ3n) is 2.32. The Bertz CT molecular complexity index is 197. The van der Waals surface area contributed by atoms with Crippen molar-refractivity contribution in [2.75, 3.05) is 13.2 Å². The third-order valence-corrected chi connectivity index (χ3v) is 2.32. The number of carbonyl (C=O) groups is 1. The Morgan fingerprint density at radius 3 is 2.46 bits per heavy atom. The van der Waals surface area contributed by atoms with Crippen molar-refractivity contribution in [3.63, 3.8) is 0 Å². The maximum absolute atomic E-state index is 11.8. The van der Waals surface area contributed by atoms with E-state index >= 15 is 0 Å². The molecule has 0 aliphatic carbocycles. The van der Waals surface area contributed by atoms with Crippen molar-refractivity contribution < 1.29 is 14.6 Å². The van der Waals surface area contributed by atoms with E-state index in [2.05, 4.69) is 0 Å². The lowest BCUT2D eigenvalue weighted by Crippen LogP contribution is -2.51. The number of ketones is 1. The fourth-order valence-electron chi connectivity index (χ4n) is 1.66. The predicted octanol–water partition coefficient (Wildman–Crippen LogP) is 1.14. The van der Waals surface area contributed by atoms with Gasteiger partial charge in [0.2, 0.25) is 0 Å². The topological polar surface area (TPSA) is 46.5 Å². The van der Waals surface area contributed by atoms with Crippen LogP contribution < -0.4 is 0 Å². The summed E-state index contributed by atoms with van der Waals surface area (Å²) >= 11 is 0. The van der Waals surface area contributed by atoms with Gasteiger partial charge in [-0.1, -0.05) is 20.8 Å². The molecule has 13 heavy (non-hydrogen) atoms. The maximum atomic E-state index is 11.8. The maximum Gasteiger partial charge on any atom is 0.172 e. The van der Waals surface area contributed by atoms with Gasteiger partial charge in [-0.15, -0.1) is 0 Å². The first kappa shape index (κ1) is 10.7. The molecule has 0 bridgehead atoms. The van der Waals surface area contributed by atoms with Crippen molar-refractivity contribution in [3.05, 3.63) is 0 Å². The second kappa shape index (κ2) is 3.39. The highest BCUT2D eigenvalue weighted by molar-refractivity contribution is 5.91. The van der Waals surface area contributed by atoms with Crippen molar-refractivity contribution >= 4 is 5.78 Å². The molecular formula is C10H18O3. The molecule has 3 heteroatoms. The molecule has 1 N–H and O–H groups in total. The van der Waals surface area contributed by atoms with E-state index in [4.69, 9.17) is 4.74 Å². The van der Waals surface area contributed by atoms with E-state index < -0.39 is 11.0 Å². The molecule has 0 radical (unpaired) electrons. The largest absolute Gasteiger partial charge is 0.380 e. The second-order valence-electron chi connectivity index (χ2n) is 4.77. The minimum atomic E-state index is -1.24. The van der Waals surface area contributed by atoms with E-state index in [1.54, 1.807) is 0 Å². The van der Waals surface area contributed by atoms with E-state index in [0.717, 1.165) is 6.42 Å². The molecule has 1 rings (SSSR count). The molecular weight excluding hydrogens is 168 g/mol. The summed E-state index contributed by atoms with van der Waals surface area (Å²) in [6.07, 6.45) is 1.29. The Balaban J connectivity index is 2.73. The van der Waals surface area contributed by atoms with Gasteiger partial charge in [-0.3, -0.25) is 4.79 Å². The third kappa shape index (κ3) is 2.29. The average molecular weight is 186 g/mol. The first-order valence-corrected chi connectivity index (χ1v) is 4.71. The SMILES string of the molecule is CC(C)(C)C(=O)C1(O)CCCOC1. The van der Waals surface area contributed by atoms with Crippen LogP contribution >= 0.6 is 0 Å². The summed E-state index contributed by atoms with van der Waals surface area (Å²) in [6, 6.07) is 0. The molecule has 1 fully saturated rings. The lowest BCUT2D eigenvalue weighted by atomic mass is 9.78. The van der Waals surface area contributed by atoms with Crippen LogP contribution in [0.1, 0.15) is 33.6 Å². The molecule has 1 saturated heterocycles. The molecule has 0 amide bonds. The summed E-state index contributed by atoms with van der Waals surface area (Å²) in [5, 5.41) is 10.0. The molecule has 0 aromatic rings. The molecule has 0 saturated carbocycles. The highest BCUT2D eigenvalue weighted by atomic mass is 16.5. The van der Waals surface area contributed by atoms with Crippen molar-refractivity contribution in [2.24, 2.45) is 5.41 Å². The van der Waals surface area contributed by atoms with Crippen LogP contribution in [0.5, 0.6) is 0 Å². The van der Waals surface area contributed by atoms with Crippen molar-refractivity contribution in [1.82, 2.24) is 0 Å². The summed E-state index contributed by atoms with van der Waals surface area (Å²) < 4.78 is 5.13. The number of carbonyl (C=O) groups excluding carboxylic acids is 1. The van der Waals surface area contributed by atoms with Crippen molar-refractivity contribution in [2.45, 2.75) is 39.2 Å². The van der Waals surface area contributed by atoms with Crippen LogP contribution in [0.4, 0.5) is 0 Å². The highest BCUT2D eigenvalue weighted by Crippen LogP contribution is 2.29. The minimum Gasteiger partial charge on any atom is -0.380 e. The van der Waals surface area contributed by atoms with E-state index in [1.165, 1.54) is 0 Å². The summed E-state index contributed by atoms with van der Waals surface area (Å²) in [7, 11) is 0. The van der Waals surface area contributed by atoms with Gasteiger partial charge in [0, 0.05) is 12.0 Å². The first-order chi connectivity index (χ1) is 5.86. The van der Waals surface area contributed by atoms with Gasteiger partial charge in [0.05, 0.1) is 6.61 Å². The van der Waals surface area contributed by atoms with Crippen molar-refractivity contribution in [1.29, 1.82) is 0 Å². The number of hydrogen-bond donors (Lipinski definition) is 1. The molecule has 1 aliphatic rings. The van der Waals surface area contributed by atoms with Gasteiger partial charge in [0.15, 0.2) is 5.78 Å². The number of aliphatic hydroxyl groups is 1. The Hall–Kier alpha value is -0.410. The number of ether oxygens (including phenoxy) is 1. The molecule has 3 nitrogen and oxygen atoms in total. The summed E-state index contributed by atoms with van der Waals surface area (Å²) in [4.78, 5) is 11.8. The van der Waals surface area contributed by atoms with Crippen LogP contribution in [0.3, 0.4) is 0 Å². The molecule has 76 valence electrons. The van der Waals surface area contributed by atoms with Crippen LogP contribution in [0, 0.1) is 5.41 Å². The van der Waals surface area contributed by atoms with Gasteiger partial charge in [0.25, 0.3) is 0 Å². The van der Waals surface area contributed by atoms with Gasteiger partial charge in [-0.2, -0.15) is 0 Å². The monoisotopic (exact) mass is 186 g/mol. The van der Waals surface area contributed by atoms with Gasteiger partial charge in [0.1, 0.15) is 5.60 Å². The predicted molar refractivity (Wildman–Crippen MR) is 49.5 cm³/mol. The van der Waals surface area contributed by atoms with E-state index in [9.17, 15) is 9.90 Å². The molecule has 0 spiro atoms. The van der Waals surface area contributed by atoms with Crippen LogP contribution in [0.2, 0.25) is 0 Å². The summed E-state index contributed by atoms with van der Waals surface area (Å²) in [5.41, 5.74) is -1.73. The first-order valence-electron chi connectivity index (χ1n) is 4.71. The van der Waals surface area contributed by atoms with E-state index in [0.29, 0.717) is 13.0 Å². The normalized spacial score (nSPS) is 30.2. The number of rotatable bonds is 1. The zero-order valence-electron chi connectivity index (χ0n) is 8.59. The Morgan fingerprint density at radius 1 is 1.46 bits per heavy atom. The summed E-state index contributed by atoms with van der Waals surface area (Å²) in [5.74, 6) is -0.111.